The number of hydrogen-bond acceptors (Lipinski definition) is 3. The molecule has 0 spiro atoms. The van der Waals surface area contributed by atoms with Gasteiger partial charge in [0.1, 0.15) is 6.29 Å². The Bertz CT molecular complexity index is 202. The minimum Gasteiger partial charge on any atom is -0.306 e. The number of hydrogen-bond donors (Lipinski definition) is 1. The van der Waals surface area contributed by atoms with E-state index in [0.717, 1.165) is 0 Å². The van der Waals surface area contributed by atoms with Gasteiger partial charge in [-0.05, 0) is 7.05 Å². The molecule has 1 unspecified atom stereocenters. The first-order valence-electron chi connectivity index (χ1n) is 3.79. The molecule has 0 amide bonds. The van der Waals surface area contributed by atoms with Gasteiger partial charge >= 0.3 is 7.67 Å². The van der Waals surface area contributed by atoms with Crippen LogP contribution in [-0.4, -0.2) is 37.0 Å². The lowest BCUT2D eigenvalue weighted by Crippen LogP contribution is -2.23. The molecule has 13 heavy (non-hydrogen) atoms. The van der Waals surface area contributed by atoms with E-state index in [0.29, 0.717) is 18.7 Å². The number of carbonyl (C=O) groups excluding carboxylic acids is 1. The van der Waals surface area contributed by atoms with E-state index >= 15 is 0 Å². The van der Waals surface area contributed by atoms with Crippen LogP contribution in [0.15, 0.2) is 0 Å². The van der Waals surface area contributed by atoms with E-state index in [-0.39, 0.29) is 13.0 Å². The summed E-state index contributed by atoms with van der Waals surface area (Å²) in [6.45, 7) is 0.459. The van der Waals surface area contributed by atoms with E-state index in [1.54, 1.807) is 7.05 Å². The van der Waals surface area contributed by atoms with Crippen molar-refractivity contribution in [3.63, 3.8) is 0 Å². The molecule has 0 heterocycles. The third-order valence-corrected chi connectivity index (χ3v) is 3.27. The van der Waals surface area contributed by atoms with Crippen molar-refractivity contribution < 1.29 is 13.9 Å². The van der Waals surface area contributed by atoms with Crippen LogP contribution in [-0.2, 0) is 13.9 Å². The van der Waals surface area contributed by atoms with Gasteiger partial charge in [-0.2, -0.15) is 0 Å². The summed E-state index contributed by atoms with van der Waals surface area (Å²) < 4.78 is 17.7. The number of carbonyl (C=O) groups is 1. The van der Waals surface area contributed by atoms with E-state index in [1.807, 2.05) is 0 Å². The molecule has 0 saturated heterocycles. The summed E-state index contributed by atoms with van der Waals surface area (Å²) in [4.78, 5) is 9.94. The highest BCUT2D eigenvalue weighted by Crippen LogP contribution is 2.40. The fourth-order valence-electron chi connectivity index (χ4n) is 0.592. The Kier molecular flexibility index (Phi) is 6.55. The maximum Gasteiger partial charge on any atom is 0.340 e. The molecule has 0 saturated carbocycles. The van der Waals surface area contributed by atoms with Crippen molar-refractivity contribution in [3.8, 4) is 0 Å². The van der Waals surface area contributed by atoms with Gasteiger partial charge in [0.15, 0.2) is 0 Å². The lowest BCUT2D eigenvalue weighted by molar-refractivity contribution is -0.108. The third-order valence-electron chi connectivity index (χ3n) is 1.40. The molecule has 5 nitrogen and oxygen atoms in total. The molecule has 78 valence electrons. The zero-order chi connectivity index (χ0) is 10.3. The Morgan fingerprint density at radius 1 is 1.69 bits per heavy atom. The molecular formula is C6H14ClN2O3P. The molecule has 1 atom stereocenters. The van der Waals surface area contributed by atoms with Gasteiger partial charge in [-0.3, -0.25) is 4.57 Å². The van der Waals surface area contributed by atoms with Gasteiger partial charge in [0.05, 0.1) is 6.61 Å². The number of aldehydes is 1. The van der Waals surface area contributed by atoms with Crippen molar-refractivity contribution in [1.29, 1.82) is 0 Å². The van der Waals surface area contributed by atoms with E-state index in [9.17, 15) is 9.36 Å². The lowest BCUT2D eigenvalue weighted by atomic mass is 10.5. The molecule has 0 rings (SSSR count). The summed E-state index contributed by atoms with van der Waals surface area (Å²) in [5, 5.41) is 0. The van der Waals surface area contributed by atoms with Crippen LogP contribution in [0.1, 0.15) is 6.42 Å². The average Bonchev–Trinajstić information content (AvgIpc) is 2.05. The normalized spacial score (nSPS) is 15.7. The van der Waals surface area contributed by atoms with Crippen molar-refractivity contribution in [2.45, 2.75) is 6.42 Å². The highest BCUT2D eigenvalue weighted by Gasteiger charge is 2.22. The van der Waals surface area contributed by atoms with Crippen molar-refractivity contribution in [2.75, 3.05) is 26.1 Å². The Morgan fingerprint density at radius 2 is 2.31 bits per heavy atom. The quantitative estimate of drug-likeness (QED) is 0.302. The van der Waals surface area contributed by atoms with Gasteiger partial charge in [-0.25, -0.2) is 10.2 Å². The highest BCUT2D eigenvalue weighted by atomic mass is 35.5. The average molecular weight is 229 g/mol. The summed E-state index contributed by atoms with van der Waals surface area (Å²) in [7, 11) is -1.68. The molecule has 0 aromatic carbocycles. The van der Waals surface area contributed by atoms with Crippen molar-refractivity contribution in [3.05, 3.63) is 0 Å². The van der Waals surface area contributed by atoms with Crippen molar-refractivity contribution >= 4 is 25.6 Å². The first kappa shape index (κ1) is 13.1. The summed E-state index contributed by atoms with van der Waals surface area (Å²) in [6.07, 6.45) is 0.872. The summed E-state index contributed by atoms with van der Waals surface area (Å²) in [5.41, 5.74) is 5.37. The fourth-order valence-corrected chi connectivity index (χ4v) is 1.91. The number of alkyl halides is 1. The predicted molar refractivity (Wildman–Crippen MR) is 51.8 cm³/mol. The van der Waals surface area contributed by atoms with Crippen molar-refractivity contribution in [2.24, 2.45) is 5.50 Å². The minimum absolute atomic E-state index is 0.0733. The van der Waals surface area contributed by atoms with Gasteiger partial charge in [-0.15, -0.1) is 11.6 Å². The van der Waals surface area contributed by atoms with Crippen LogP contribution >= 0.6 is 19.3 Å². The molecule has 2 N–H and O–H groups in total. The van der Waals surface area contributed by atoms with Gasteiger partial charge < -0.3 is 9.32 Å². The molecule has 0 bridgehead atoms. The molecule has 0 aliphatic carbocycles. The largest absolute Gasteiger partial charge is 0.340 e. The molecule has 0 aliphatic rings. The SMILES string of the molecule is CN(CCCl)P(N)(=O)OCCC=O. The summed E-state index contributed by atoms with van der Waals surface area (Å²) in [5.74, 6) is 0.328. The van der Waals surface area contributed by atoms with Crippen LogP contribution in [0, 0.1) is 0 Å². The second kappa shape index (κ2) is 6.51. The maximum absolute atomic E-state index is 11.5. The van der Waals surface area contributed by atoms with Crippen LogP contribution in [0.25, 0.3) is 0 Å². The minimum atomic E-state index is -3.24. The molecule has 0 aromatic rings. The van der Waals surface area contributed by atoms with Gasteiger partial charge in [0, 0.05) is 18.8 Å². The van der Waals surface area contributed by atoms with Gasteiger partial charge in [0.2, 0.25) is 0 Å². The smallest absolute Gasteiger partial charge is 0.306 e. The van der Waals surface area contributed by atoms with E-state index in [1.165, 1.54) is 4.67 Å². The van der Waals surface area contributed by atoms with E-state index in [2.05, 4.69) is 0 Å². The van der Waals surface area contributed by atoms with E-state index < -0.39 is 7.67 Å². The molecule has 7 heteroatoms. The monoisotopic (exact) mass is 228 g/mol. The van der Waals surface area contributed by atoms with Crippen LogP contribution in [0.3, 0.4) is 0 Å². The van der Waals surface area contributed by atoms with Crippen LogP contribution in [0.4, 0.5) is 0 Å². The maximum atomic E-state index is 11.5. The van der Waals surface area contributed by atoms with Crippen LogP contribution in [0.5, 0.6) is 0 Å². The van der Waals surface area contributed by atoms with Crippen LogP contribution in [0.2, 0.25) is 0 Å². The topological polar surface area (TPSA) is 72.6 Å². The zero-order valence-electron chi connectivity index (χ0n) is 7.48. The molecule has 0 fully saturated rings. The number of nitrogens with two attached hydrogens (primary N) is 1. The fraction of sp³-hybridized carbons (Fsp3) is 0.833. The summed E-state index contributed by atoms with van der Waals surface area (Å²) >= 11 is 5.43. The Morgan fingerprint density at radius 3 is 2.77 bits per heavy atom. The molecule has 0 aromatic heterocycles. The second-order valence-electron chi connectivity index (χ2n) is 2.42. The lowest BCUT2D eigenvalue weighted by Gasteiger charge is -2.22. The van der Waals surface area contributed by atoms with Gasteiger partial charge in [-0.1, -0.05) is 0 Å². The second-order valence-corrected chi connectivity index (χ2v) is 4.87. The van der Waals surface area contributed by atoms with Gasteiger partial charge in [0.25, 0.3) is 0 Å². The van der Waals surface area contributed by atoms with Crippen LogP contribution < -0.4 is 5.50 Å². The zero-order valence-corrected chi connectivity index (χ0v) is 9.13. The van der Waals surface area contributed by atoms with E-state index in [4.69, 9.17) is 21.6 Å². The highest BCUT2D eigenvalue weighted by molar-refractivity contribution is 7.53. The molecule has 0 aliphatic heterocycles. The van der Waals surface area contributed by atoms with Crippen molar-refractivity contribution in [1.82, 2.24) is 4.67 Å². The Hall–Kier alpha value is 0.0700. The number of nitrogens with zero attached hydrogens (tertiary/aromatic N) is 1. The molecular weight excluding hydrogens is 215 g/mol. The first-order valence-corrected chi connectivity index (χ1v) is 5.97. The standard InChI is InChI=1S/C6H14ClN2O3P/c1-9(4-3-7)13(8,11)12-6-2-5-10/h5H,2-4,6H2,1H3,(H2,8,11). The number of halogens is 1. The Balaban J connectivity index is 3.90. The number of rotatable bonds is 7. The predicted octanol–water partition coefficient (Wildman–Crippen LogP) is 0.829. The Labute approximate surface area is 82.7 Å². The molecule has 0 radical (unpaired) electrons. The first-order chi connectivity index (χ1) is 6.04. The summed E-state index contributed by atoms with van der Waals surface area (Å²) in [6, 6.07) is 0. The third kappa shape index (κ3) is 5.39.